The van der Waals surface area contributed by atoms with Gasteiger partial charge in [-0.25, -0.2) is 19.2 Å². The Morgan fingerprint density at radius 2 is 0.811 bits per heavy atom. The highest BCUT2D eigenvalue weighted by Gasteiger charge is 2.21. The first-order chi connectivity index (χ1) is 17.8. The Morgan fingerprint density at radius 1 is 0.486 bits per heavy atom. The Morgan fingerprint density at radius 3 is 1.16 bits per heavy atom. The molecule has 0 N–H and O–H groups in total. The molecule has 0 aliphatic heterocycles. The van der Waals surface area contributed by atoms with E-state index < -0.39 is 36.5 Å². The lowest BCUT2D eigenvalue weighted by Crippen LogP contribution is -2.28. The molecule has 13 nitrogen and oxygen atoms in total. The monoisotopic (exact) mass is 538 g/mol. The van der Waals surface area contributed by atoms with E-state index in [-0.39, 0.29) is 52.9 Å². The van der Waals surface area contributed by atoms with Crippen LogP contribution in [0.5, 0.6) is 0 Å². The van der Waals surface area contributed by atoms with Crippen molar-refractivity contribution in [1.82, 2.24) is 0 Å². The number of carbonyl (C=O) groups excluding carboxylic acids is 4. The number of rotatable bonds is 22. The highest BCUT2D eigenvalue weighted by Crippen LogP contribution is 2.00. The molecule has 0 saturated heterocycles. The van der Waals surface area contributed by atoms with Gasteiger partial charge in [-0.15, -0.1) is 0 Å². The van der Waals surface area contributed by atoms with Gasteiger partial charge in [0.15, 0.2) is 12.2 Å². The van der Waals surface area contributed by atoms with Gasteiger partial charge in [-0.05, 0) is 26.7 Å². The molecule has 0 saturated carbocycles. The van der Waals surface area contributed by atoms with Crippen LogP contribution in [0, 0.1) is 0 Å². The minimum atomic E-state index is -1.14. The third kappa shape index (κ3) is 21.2. The zero-order valence-electron chi connectivity index (χ0n) is 22.4. The molecule has 0 aliphatic rings. The van der Waals surface area contributed by atoms with Gasteiger partial charge in [-0.3, -0.25) is 0 Å². The van der Waals surface area contributed by atoms with Crippen LogP contribution in [0.4, 0.5) is 9.59 Å². The quantitative estimate of drug-likeness (QED) is 0.113. The number of hydrogen-bond acceptors (Lipinski definition) is 13. The van der Waals surface area contributed by atoms with E-state index in [1.165, 1.54) is 13.8 Å². The van der Waals surface area contributed by atoms with Crippen LogP contribution in [0.1, 0.15) is 53.4 Å². The van der Waals surface area contributed by atoms with Gasteiger partial charge in [0.2, 0.25) is 0 Å². The van der Waals surface area contributed by atoms with Crippen LogP contribution in [0.15, 0.2) is 0 Å². The van der Waals surface area contributed by atoms with E-state index in [1.807, 2.05) is 13.8 Å². The normalized spacial score (nSPS) is 12.2. The molecule has 0 rings (SSSR count). The zero-order valence-corrected chi connectivity index (χ0v) is 22.4. The van der Waals surface area contributed by atoms with Crippen molar-refractivity contribution < 1.29 is 61.8 Å². The Bertz CT molecular complexity index is 574. The lowest BCUT2D eigenvalue weighted by molar-refractivity contribution is -0.156. The van der Waals surface area contributed by atoms with E-state index in [0.717, 1.165) is 25.7 Å². The van der Waals surface area contributed by atoms with Crippen LogP contribution in [0.3, 0.4) is 0 Å². The minimum Gasteiger partial charge on any atom is -0.461 e. The average molecular weight is 539 g/mol. The summed E-state index contributed by atoms with van der Waals surface area (Å²) in [6, 6.07) is 0. The largest absolute Gasteiger partial charge is 0.509 e. The molecule has 37 heavy (non-hydrogen) atoms. The Hall–Kier alpha value is -2.64. The van der Waals surface area contributed by atoms with Crippen molar-refractivity contribution in [2.45, 2.75) is 65.6 Å². The maximum Gasteiger partial charge on any atom is 0.509 e. The maximum atomic E-state index is 11.7. The molecule has 2 unspecified atom stereocenters. The summed E-state index contributed by atoms with van der Waals surface area (Å²) in [6.45, 7) is 8.32. The first kappa shape index (κ1) is 34.4. The molecule has 216 valence electrons. The molecule has 0 aliphatic carbocycles. The van der Waals surface area contributed by atoms with Crippen LogP contribution < -0.4 is 0 Å². The van der Waals surface area contributed by atoms with Crippen LogP contribution in [-0.2, 0) is 52.2 Å². The minimum absolute atomic E-state index is 0.00943. The van der Waals surface area contributed by atoms with Crippen molar-refractivity contribution in [2.24, 2.45) is 0 Å². The molecular weight excluding hydrogens is 496 g/mol. The number of hydrogen-bond donors (Lipinski definition) is 0. The van der Waals surface area contributed by atoms with Crippen molar-refractivity contribution in [3.05, 3.63) is 0 Å². The van der Waals surface area contributed by atoms with Crippen LogP contribution >= 0.6 is 0 Å². The summed E-state index contributed by atoms with van der Waals surface area (Å²) in [5.74, 6) is -1.43. The van der Waals surface area contributed by atoms with Gasteiger partial charge in [-0.2, -0.15) is 0 Å². The molecule has 0 heterocycles. The molecule has 0 spiro atoms. The molecule has 0 radical (unpaired) electrons. The smallest absolute Gasteiger partial charge is 0.461 e. The topological polar surface area (TPSA) is 151 Å². The van der Waals surface area contributed by atoms with Gasteiger partial charge in [0.1, 0.15) is 26.4 Å². The van der Waals surface area contributed by atoms with Gasteiger partial charge in [0.05, 0.1) is 26.4 Å². The molecule has 0 amide bonds. The fraction of sp³-hybridized carbons (Fsp3) is 0.833. The third-order valence-electron chi connectivity index (χ3n) is 4.33. The fourth-order valence-corrected chi connectivity index (χ4v) is 2.26. The molecule has 0 aromatic rings. The summed E-state index contributed by atoms with van der Waals surface area (Å²) in [5.41, 5.74) is 0. The SMILES string of the molecule is CCCCOCCOC(=O)C(C)OC(=O)OCCOCCOC(=O)OC(C)C(=O)OCCOCCCC. The Balaban J connectivity index is 3.72. The van der Waals surface area contributed by atoms with Gasteiger partial charge < -0.3 is 42.6 Å². The predicted molar refractivity (Wildman–Crippen MR) is 128 cm³/mol. The Kier molecular flexibility index (Phi) is 22.0. The number of unbranched alkanes of at least 4 members (excludes halogenated alkanes) is 2. The molecule has 13 heteroatoms. The summed E-state index contributed by atoms with van der Waals surface area (Å²) in [6.07, 6.45) is -0.512. The second-order valence-electron chi connectivity index (χ2n) is 7.60. The van der Waals surface area contributed by atoms with Crippen molar-refractivity contribution in [1.29, 1.82) is 0 Å². The van der Waals surface area contributed by atoms with Gasteiger partial charge >= 0.3 is 24.2 Å². The highest BCUT2D eigenvalue weighted by atomic mass is 16.7. The molecule has 0 bridgehead atoms. The van der Waals surface area contributed by atoms with E-state index in [2.05, 4.69) is 0 Å². The molecule has 0 fully saturated rings. The maximum absolute atomic E-state index is 11.7. The average Bonchev–Trinajstić information content (AvgIpc) is 2.87. The van der Waals surface area contributed by atoms with E-state index in [4.69, 9.17) is 42.6 Å². The number of ether oxygens (including phenoxy) is 9. The summed E-state index contributed by atoms with van der Waals surface area (Å²) < 4.78 is 44.7. The van der Waals surface area contributed by atoms with E-state index in [0.29, 0.717) is 13.2 Å². The van der Waals surface area contributed by atoms with Crippen LogP contribution in [-0.4, -0.2) is 103 Å². The van der Waals surface area contributed by atoms with Gasteiger partial charge in [-0.1, -0.05) is 26.7 Å². The predicted octanol–water partition coefficient (Wildman–Crippen LogP) is 2.81. The van der Waals surface area contributed by atoms with Crippen LogP contribution in [0.2, 0.25) is 0 Å². The third-order valence-corrected chi connectivity index (χ3v) is 4.33. The van der Waals surface area contributed by atoms with E-state index in [9.17, 15) is 19.2 Å². The second-order valence-corrected chi connectivity index (χ2v) is 7.60. The number of carbonyl (C=O) groups is 4. The van der Waals surface area contributed by atoms with Crippen LogP contribution in [0.25, 0.3) is 0 Å². The lowest BCUT2D eigenvalue weighted by atomic mass is 10.4. The fourth-order valence-electron chi connectivity index (χ4n) is 2.26. The Labute approximate surface area is 218 Å². The second kappa shape index (κ2) is 23.7. The van der Waals surface area contributed by atoms with Crippen molar-refractivity contribution in [3.63, 3.8) is 0 Å². The molecule has 0 aromatic carbocycles. The summed E-state index contributed by atoms with van der Waals surface area (Å²) in [7, 11) is 0. The summed E-state index contributed by atoms with van der Waals surface area (Å²) in [5, 5.41) is 0. The van der Waals surface area contributed by atoms with Crippen molar-refractivity contribution in [3.8, 4) is 0 Å². The lowest BCUT2D eigenvalue weighted by Gasteiger charge is -2.13. The van der Waals surface area contributed by atoms with Crippen molar-refractivity contribution >= 4 is 24.2 Å². The van der Waals surface area contributed by atoms with E-state index >= 15 is 0 Å². The zero-order chi connectivity index (χ0) is 27.7. The molecular formula is C24H42O13. The molecule has 0 aromatic heterocycles. The summed E-state index contributed by atoms with van der Waals surface area (Å²) in [4.78, 5) is 46.7. The standard InChI is InChI=1S/C24H42O13/c1-5-7-9-29-11-15-32-21(25)19(3)36-23(27)34-17-13-31-14-18-35-24(28)37-20(4)22(26)33-16-12-30-10-8-6-2/h19-20H,5-18H2,1-4H3. The summed E-state index contributed by atoms with van der Waals surface area (Å²) >= 11 is 0. The van der Waals surface area contributed by atoms with Gasteiger partial charge in [0, 0.05) is 13.2 Å². The number of esters is 2. The first-order valence-corrected chi connectivity index (χ1v) is 12.5. The molecule has 2 atom stereocenters. The highest BCUT2D eigenvalue weighted by molar-refractivity contribution is 5.77. The van der Waals surface area contributed by atoms with Gasteiger partial charge in [0.25, 0.3) is 0 Å². The van der Waals surface area contributed by atoms with E-state index in [1.54, 1.807) is 0 Å². The van der Waals surface area contributed by atoms with Crippen molar-refractivity contribution in [2.75, 3.05) is 66.1 Å². The first-order valence-electron chi connectivity index (χ1n) is 12.5.